The molecule has 0 saturated heterocycles. The Balaban J connectivity index is 2.21. The van der Waals surface area contributed by atoms with Crippen LogP contribution in [-0.4, -0.2) is 52.6 Å². The maximum Gasteiger partial charge on any atom is 0.137 e. The van der Waals surface area contributed by atoms with E-state index in [1.165, 1.54) is 12.1 Å². The molecule has 0 aliphatic rings. The number of nitrogens with two attached hydrogens (primary N) is 1. The molecule has 0 aliphatic heterocycles. The van der Waals surface area contributed by atoms with E-state index in [0.717, 1.165) is 0 Å². The Bertz CT molecular complexity index is 443. The van der Waals surface area contributed by atoms with Crippen molar-refractivity contribution in [2.75, 3.05) is 46.8 Å². The van der Waals surface area contributed by atoms with E-state index in [4.69, 9.17) is 30.1 Å². The SMILES string of the molecule is COCCOCCOCCOc1cccc(F)c1C(=N)N. The van der Waals surface area contributed by atoms with Gasteiger partial charge in [-0.05, 0) is 12.1 Å². The van der Waals surface area contributed by atoms with Gasteiger partial charge < -0.3 is 24.7 Å². The van der Waals surface area contributed by atoms with Gasteiger partial charge in [0.25, 0.3) is 0 Å². The Hall–Kier alpha value is -1.70. The Morgan fingerprint density at radius 3 is 2.33 bits per heavy atom. The van der Waals surface area contributed by atoms with Crippen LogP contribution in [0.2, 0.25) is 0 Å². The maximum atomic E-state index is 13.5. The molecular weight excluding hydrogens is 279 g/mol. The van der Waals surface area contributed by atoms with Gasteiger partial charge in [0.1, 0.15) is 24.0 Å². The predicted octanol–water partition coefficient (Wildman–Crippen LogP) is 1.17. The lowest BCUT2D eigenvalue weighted by molar-refractivity contribution is 0.0179. The van der Waals surface area contributed by atoms with Crippen molar-refractivity contribution in [2.24, 2.45) is 5.73 Å². The molecule has 21 heavy (non-hydrogen) atoms. The fourth-order valence-corrected chi connectivity index (χ4v) is 1.56. The van der Waals surface area contributed by atoms with Crippen molar-refractivity contribution in [1.29, 1.82) is 5.41 Å². The second kappa shape index (κ2) is 10.1. The lowest BCUT2D eigenvalue weighted by Crippen LogP contribution is -2.17. The summed E-state index contributed by atoms with van der Waals surface area (Å²) in [4.78, 5) is 0. The Morgan fingerprint density at radius 1 is 1.10 bits per heavy atom. The molecule has 118 valence electrons. The number of halogens is 1. The number of methoxy groups -OCH3 is 1. The monoisotopic (exact) mass is 300 g/mol. The van der Waals surface area contributed by atoms with Crippen LogP contribution in [-0.2, 0) is 14.2 Å². The smallest absolute Gasteiger partial charge is 0.137 e. The minimum atomic E-state index is -0.576. The van der Waals surface area contributed by atoms with Crippen LogP contribution in [0.1, 0.15) is 5.56 Å². The molecule has 0 spiro atoms. The number of nitrogen functional groups attached to an aromatic ring is 1. The van der Waals surface area contributed by atoms with Crippen molar-refractivity contribution >= 4 is 5.84 Å². The summed E-state index contributed by atoms with van der Waals surface area (Å²) < 4.78 is 34.2. The van der Waals surface area contributed by atoms with Crippen molar-refractivity contribution in [2.45, 2.75) is 0 Å². The minimum absolute atomic E-state index is 0.0274. The number of benzene rings is 1. The van der Waals surface area contributed by atoms with Crippen molar-refractivity contribution in [3.8, 4) is 5.75 Å². The third-order valence-electron chi connectivity index (χ3n) is 2.53. The van der Waals surface area contributed by atoms with E-state index in [9.17, 15) is 4.39 Å². The van der Waals surface area contributed by atoms with Gasteiger partial charge >= 0.3 is 0 Å². The van der Waals surface area contributed by atoms with Gasteiger partial charge in [-0.2, -0.15) is 0 Å². The summed E-state index contributed by atoms with van der Waals surface area (Å²) in [5.41, 5.74) is 5.30. The minimum Gasteiger partial charge on any atom is -0.490 e. The highest BCUT2D eigenvalue weighted by Crippen LogP contribution is 2.20. The zero-order chi connectivity index (χ0) is 15.5. The highest BCUT2D eigenvalue weighted by molar-refractivity contribution is 5.97. The summed E-state index contributed by atoms with van der Waals surface area (Å²) in [6.07, 6.45) is 0. The van der Waals surface area contributed by atoms with E-state index in [1.807, 2.05) is 0 Å². The zero-order valence-corrected chi connectivity index (χ0v) is 12.1. The van der Waals surface area contributed by atoms with Crippen molar-refractivity contribution in [1.82, 2.24) is 0 Å². The number of hydrogen-bond donors (Lipinski definition) is 2. The van der Waals surface area contributed by atoms with Crippen molar-refractivity contribution in [3.63, 3.8) is 0 Å². The molecular formula is C14H21FN2O4. The van der Waals surface area contributed by atoms with Gasteiger partial charge in [0.2, 0.25) is 0 Å². The van der Waals surface area contributed by atoms with Gasteiger partial charge in [0, 0.05) is 7.11 Å². The zero-order valence-electron chi connectivity index (χ0n) is 12.1. The molecule has 1 aromatic rings. The maximum absolute atomic E-state index is 13.5. The molecule has 1 rings (SSSR count). The number of rotatable bonds is 11. The molecule has 0 bridgehead atoms. The summed E-state index contributed by atoms with van der Waals surface area (Å²) in [7, 11) is 1.61. The first-order valence-corrected chi connectivity index (χ1v) is 6.57. The van der Waals surface area contributed by atoms with Gasteiger partial charge in [0.05, 0.1) is 38.6 Å². The molecule has 0 aromatic heterocycles. The third-order valence-corrected chi connectivity index (χ3v) is 2.53. The Kier molecular flexibility index (Phi) is 8.34. The van der Waals surface area contributed by atoms with E-state index < -0.39 is 5.82 Å². The first-order chi connectivity index (χ1) is 10.2. The lowest BCUT2D eigenvalue weighted by Gasteiger charge is -2.11. The van der Waals surface area contributed by atoms with E-state index in [2.05, 4.69) is 0 Å². The van der Waals surface area contributed by atoms with Crippen LogP contribution < -0.4 is 10.5 Å². The topological polar surface area (TPSA) is 86.8 Å². The molecule has 7 heteroatoms. The molecule has 0 atom stereocenters. The summed E-state index contributed by atoms with van der Waals surface area (Å²) in [6.45, 7) is 2.57. The molecule has 1 aromatic carbocycles. The number of ether oxygens (including phenoxy) is 4. The van der Waals surface area contributed by atoms with Crippen LogP contribution in [0.25, 0.3) is 0 Å². The number of nitrogens with one attached hydrogen (secondary N) is 1. The van der Waals surface area contributed by atoms with Gasteiger partial charge in [-0.1, -0.05) is 6.07 Å². The summed E-state index contributed by atoms with van der Waals surface area (Å²) >= 11 is 0. The average Bonchev–Trinajstić information content (AvgIpc) is 2.45. The van der Waals surface area contributed by atoms with Crippen LogP contribution in [0, 0.1) is 11.2 Å². The van der Waals surface area contributed by atoms with Crippen LogP contribution in [0.3, 0.4) is 0 Å². The molecule has 0 heterocycles. The summed E-state index contributed by atoms with van der Waals surface area (Å²) in [5.74, 6) is -0.703. The van der Waals surface area contributed by atoms with Crippen LogP contribution >= 0.6 is 0 Å². The normalized spacial score (nSPS) is 10.6. The quantitative estimate of drug-likeness (QED) is 0.364. The summed E-state index contributed by atoms with van der Waals surface area (Å²) in [5, 5.41) is 7.34. The Morgan fingerprint density at radius 2 is 1.71 bits per heavy atom. The fourth-order valence-electron chi connectivity index (χ4n) is 1.56. The number of amidine groups is 1. The standard InChI is InChI=1S/C14H21FN2O4/c1-18-5-6-19-7-8-20-9-10-21-12-4-2-3-11(15)13(12)14(16)17/h2-4H,5-10H2,1H3,(H3,16,17). The van der Waals surface area contributed by atoms with E-state index in [-0.39, 0.29) is 23.8 Å². The second-order valence-electron chi connectivity index (χ2n) is 4.09. The highest BCUT2D eigenvalue weighted by atomic mass is 19.1. The van der Waals surface area contributed by atoms with Gasteiger partial charge in [-0.25, -0.2) is 4.39 Å². The first kappa shape index (κ1) is 17.4. The molecule has 0 unspecified atom stereocenters. The van der Waals surface area contributed by atoms with Gasteiger partial charge in [0.15, 0.2) is 0 Å². The van der Waals surface area contributed by atoms with Gasteiger partial charge in [-0.3, -0.25) is 5.41 Å². The van der Waals surface area contributed by atoms with Gasteiger partial charge in [-0.15, -0.1) is 0 Å². The number of hydrogen-bond acceptors (Lipinski definition) is 5. The largest absolute Gasteiger partial charge is 0.490 e. The van der Waals surface area contributed by atoms with Crippen LogP contribution in [0.15, 0.2) is 18.2 Å². The predicted molar refractivity (Wildman–Crippen MR) is 76.4 cm³/mol. The lowest BCUT2D eigenvalue weighted by atomic mass is 10.1. The average molecular weight is 300 g/mol. The molecule has 0 aliphatic carbocycles. The third kappa shape index (κ3) is 6.52. The highest BCUT2D eigenvalue weighted by Gasteiger charge is 2.12. The van der Waals surface area contributed by atoms with E-state index >= 15 is 0 Å². The van der Waals surface area contributed by atoms with Crippen molar-refractivity contribution < 1.29 is 23.3 Å². The van der Waals surface area contributed by atoms with Crippen molar-refractivity contribution in [3.05, 3.63) is 29.6 Å². The molecule has 3 N–H and O–H groups in total. The molecule has 0 fully saturated rings. The molecule has 0 amide bonds. The van der Waals surface area contributed by atoms with Crippen LogP contribution in [0.4, 0.5) is 4.39 Å². The Labute approximate surface area is 123 Å². The van der Waals surface area contributed by atoms with Crippen LogP contribution in [0.5, 0.6) is 5.75 Å². The first-order valence-electron chi connectivity index (χ1n) is 6.57. The molecule has 6 nitrogen and oxygen atoms in total. The molecule has 0 saturated carbocycles. The molecule has 0 radical (unpaired) electrons. The van der Waals surface area contributed by atoms with E-state index in [0.29, 0.717) is 33.0 Å². The fraction of sp³-hybridized carbons (Fsp3) is 0.500. The van der Waals surface area contributed by atoms with E-state index in [1.54, 1.807) is 13.2 Å². The second-order valence-corrected chi connectivity index (χ2v) is 4.09. The summed E-state index contributed by atoms with van der Waals surface area (Å²) in [6, 6.07) is 4.30.